The molecule has 16 heavy (non-hydrogen) atoms. The zero-order valence-electron chi connectivity index (χ0n) is 8.87. The average Bonchev–Trinajstić information content (AvgIpc) is 2.66. The highest BCUT2D eigenvalue weighted by Crippen LogP contribution is 2.35. The molecule has 1 aliphatic heterocycles. The largest absolute Gasteiger partial charge is 0.346 e. The molecule has 0 amide bonds. The van der Waals surface area contributed by atoms with Gasteiger partial charge in [-0.15, -0.1) is 0 Å². The van der Waals surface area contributed by atoms with Crippen LogP contribution < -0.4 is 5.73 Å². The summed E-state index contributed by atoms with van der Waals surface area (Å²) in [6.45, 7) is 2.61. The van der Waals surface area contributed by atoms with Crippen LogP contribution in [0, 0.1) is 11.6 Å². The van der Waals surface area contributed by atoms with Crippen LogP contribution in [0.5, 0.6) is 0 Å². The summed E-state index contributed by atoms with van der Waals surface area (Å²) in [4.78, 5) is 0. The van der Waals surface area contributed by atoms with E-state index in [-0.39, 0.29) is 12.0 Å². The Labute approximate surface area is 91.7 Å². The molecule has 0 spiro atoms. The number of halogens is 2. The Morgan fingerprint density at radius 3 is 2.94 bits per heavy atom. The smallest absolute Gasteiger partial charge is 0.168 e. The molecule has 1 aromatic heterocycles. The number of benzene rings is 1. The Bertz CT molecular complexity index is 574. The van der Waals surface area contributed by atoms with Crippen molar-refractivity contribution in [1.29, 1.82) is 0 Å². The molecular formula is C12H12F2N2. The molecule has 1 aromatic carbocycles. The second-order valence-electron chi connectivity index (χ2n) is 4.44. The summed E-state index contributed by atoms with van der Waals surface area (Å²) in [5.74, 6) is -1.50. The van der Waals surface area contributed by atoms with Crippen molar-refractivity contribution in [2.45, 2.75) is 25.4 Å². The van der Waals surface area contributed by atoms with E-state index in [2.05, 4.69) is 0 Å². The van der Waals surface area contributed by atoms with Crippen molar-refractivity contribution < 1.29 is 8.78 Å². The second kappa shape index (κ2) is 3.04. The van der Waals surface area contributed by atoms with Gasteiger partial charge in [0.1, 0.15) is 0 Å². The van der Waals surface area contributed by atoms with Gasteiger partial charge in [-0.2, -0.15) is 0 Å². The fourth-order valence-electron chi connectivity index (χ4n) is 2.48. The van der Waals surface area contributed by atoms with E-state index in [4.69, 9.17) is 5.73 Å². The normalized spacial score (nSPS) is 24.0. The van der Waals surface area contributed by atoms with Crippen molar-refractivity contribution in [2.24, 2.45) is 5.73 Å². The highest BCUT2D eigenvalue weighted by molar-refractivity contribution is 5.85. The quantitative estimate of drug-likeness (QED) is 0.728. The van der Waals surface area contributed by atoms with E-state index in [0.717, 1.165) is 11.1 Å². The van der Waals surface area contributed by atoms with Crippen LogP contribution in [0.25, 0.3) is 10.9 Å². The first-order valence-electron chi connectivity index (χ1n) is 5.32. The zero-order chi connectivity index (χ0) is 11.4. The van der Waals surface area contributed by atoms with Gasteiger partial charge in [-0.25, -0.2) is 8.78 Å². The summed E-state index contributed by atoms with van der Waals surface area (Å²) in [6, 6.07) is 2.84. The van der Waals surface area contributed by atoms with Crippen molar-refractivity contribution in [1.82, 2.24) is 4.57 Å². The molecule has 0 unspecified atom stereocenters. The van der Waals surface area contributed by atoms with E-state index in [0.29, 0.717) is 11.9 Å². The summed E-state index contributed by atoms with van der Waals surface area (Å²) < 4.78 is 28.9. The molecule has 2 atom stereocenters. The lowest BCUT2D eigenvalue weighted by molar-refractivity contribution is 0.466. The number of hydrogen-bond donors (Lipinski definition) is 1. The van der Waals surface area contributed by atoms with Crippen LogP contribution in [-0.4, -0.2) is 10.6 Å². The Morgan fingerprint density at radius 2 is 2.19 bits per heavy atom. The Balaban J connectivity index is 2.43. The highest BCUT2D eigenvalue weighted by atomic mass is 19.2. The van der Waals surface area contributed by atoms with Crippen molar-refractivity contribution in [3.63, 3.8) is 0 Å². The molecule has 1 aliphatic rings. The van der Waals surface area contributed by atoms with Crippen molar-refractivity contribution in [3.8, 4) is 0 Å². The zero-order valence-corrected chi connectivity index (χ0v) is 8.87. The fraction of sp³-hybridized carbons (Fsp3) is 0.333. The number of aromatic nitrogens is 1. The molecule has 0 saturated heterocycles. The topological polar surface area (TPSA) is 30.9 Å². The molecule has 0 aliphatic carbocycles. The number of nitrogens with zero attached hydrogens (tertiary/aromatic N) is 1. The van der Waals surface area contributed by atoms with Gasteiger partial charge >= 0.3 is 0 Å². The second-order valence-corrected chi connectivity index (χ2v) is 4.44. The van der Waals surface area contributed by atoms with Gasteiger partial charge in [0.15, 0.2) is 11.6 Å². The maximum Gasteiger partial charge on any atom is 0.168 e. The van der Waals surface area contributed by atoms with Crippen LogP contribution in [0.4, 0.5) is 8.78 Å². The fourth-order valence-corrected chi connectivity index (χ4v) is 2.48. The predicted octanol–water partition coefficient (Wildman–Crippen LogP) is 2.36. The molecule has 0 fully saturated rings. The average molecular weight is 222 g/mol. The lowest BCUT2D eigenvalue weighted by Gasteiger charge is -2.28. The third-order valence-electron chi connectivity index (χ3n) is 3.51. The SMILES string of the molecule is C[C@H]1c2cc(F)c(F)c3ccn(c23)C[C@H]1N. The van der Waals surface area contributed by atoms with Gasteiger partial charge in [-0.05, 0) is 17.7 Å². The van der Waals surface area contributed by atoms with E-state index < -0.39 is 11.6 Å². The van der Waals surface area contributed by atoms with Crippen LogP contribution in [0.15, 0.2) is 18.3 Å². The van der Waals surface area contributed by atoms with Gasteiger partial charge < -0.3 is 10.3 Å². The minimum atomic E-state index is -0.791. The lowest BCUT2D eigenvalue weighted by Crippen LogP contribution is -2.35. The molecule has 84 valence electrons. The summed E-state index contributed by atoms with van der Waals surface area (Å²) in [7, 11) is 0. The first-order valence-corrected chi connectivity index (χ1v) is 5.32. The Kier molecular flexibility index (Phi) is 1.86. The van der Waals surface area contributed by atoms with Crippen LogP contribution in [0.3, 0.4) is 0 Å². The molecule has 0 saturated carbocycles. The van der Waals surface area contributed by atoms with E-state index in [9.17, 15) is 8.78 Å². The third-order valence-corrected chi connectivity index (χ3v) is 3.51. The Morgan fingerprint density at radius 1 is 1.44 bits per heavy atom. The van der Waals surface area contributed by atoms with E-state index in [1.165, 1.54) is 6.07 Å². The maximum atomic E-state index is 13.6. The summed E-state index contributed by atoms with van der Waals surface area (Å²) in [5.41, 5.74) is 7.57. The third kappa shape index (κ3) is 1.08. The number of rotatable bonds is 0. The summed E-state index contributed by atoms with van der Waals surface area (Å²) in [6.07, 6.45) is 1.77. The molecule has 2 aromatic rings. The van der Waals surface area contributed by atoms with Gasteiger partial charge in [-0.3, -0.25) is 0 Å². The molecule has 4 heteroatoms. The van der Waals surface area contributed by atoms with Gasteiger partial charge in [-0.1, -0.05) is 6.92 Å². The van der Waals surface area contributed by atoms with Gasteiger partial charge in [0.2, 0.25) is 0 Å². The molecule has 2 heterocycles. The van der Waals surface area contributed by atoms with Crippen molar-refractivity contribution >= 4 is 10.9 Å². The van der Waals surface area contributed by atoms with Crippen LogP contribution in [-0.2, 0) is 6.54 Å². The van der Waals surface area contributed by atoms with Crippen molar-refractivity contribution in [2.75, 3.05) is 0 Å². The first-order chi connectivity index (χ1) is 7.59. The highest BCUT2D eigenvalue weighted by Gasteiger charge is 2.27. The summed E-state index contributed by atoms with van der Waals surface area (Å²) in [5, 5.41) is 0.355. The number of hydrogen-bond acceptors (Lipinski definition) is 1. The van der Waals surface area contributed by atoms with Crippen LogP contribution >= 0.6 is 0 Å². The molecular weight excluding hydrogens is 210 g/mol. The molecule has 0 bridgehead atoms. The van der Waals surface area contributed by atoms with Crippen molar-refractivity contribution in [3.05, 3.63) is 35.5 Å². The van der Waals surface area contributed by atoms with Crippen LogP contribution in [0.2, 0.25) is 0 Å². The maximum absolute atomic E-state index is 13.6. The minimum Gasteiger partial charge on any atom is -0.346 e. The van der Waals surface area contributed by atoms with E-state index in [1.807, 2.05) is 11.5 Å². The summed E-state index contributed by atoms with van der Waals surface area (Å²) >= 11 is 0. The molecule has 0 radical (unpaired) electrons. The number of nitrogens with two attached hydrogens (primary N) is 1. The lowest BCUT2D eigenvalue weighted by atomic mass is 9.89. The standard InChI is InChI=1S/C12H12F2N2/c1-6-8-4-9(13)11(14)7-2-3-16(12(7)8)5-10(6)15/h2-4,6,10H,5,15H2,1H3/t6-,10+/m0/s1. The van der Waals surface area contributed by atoms with E-state index >= 15 is 0 Å². The van der Waals surface area contributed by atoms with Crippen LogP contribution in [0.1, 0.15) is 18.4 Å². The Hall–Kier alpha value is -1.42. The molecule has 2 nitrogen and oxygen atoms in total. The minimum absolute atomic E-state index is 0.0482. The van der Waals surface area contributed by atoms with E-state index in [1.54, 1.807) is 12.3 Å². The monoisotopic (exact) mass is 222 g/mol. The van der Waals surface area contributed by atoms with Gasteiger partial charge in [0.05, 0.1) is 5.52 Å². The molecule has 3 rings (SSSR count). The molecule has 2 N–H and O–H groups in total. The van der Waals surface area contributed by atoms with Gasteiger partial charge in [0.25, 0.3) is 0 Å². The predicted molar refractivity (Wildman–Crippen MR) is 58.2 cm³/mol. The van der Waals surface area contributed by atoms with Gasteiger partial charge in [0, 0.05) is 30.1 Å². The first kappa shape index (κ1) is 9.78.